The number of pyridine rings is 2. The molecule has 0 radical (unpaired) electrons. The van der Waals surface area contributed by atoms with Crippen LogP contribution in [0.5, 0.6) is 0 Å². The number of aromatic amines is 1. The number of halogens is 1. The Morgan fingerprint density at radius 3 is 3.00 bits per heavy atom. The first-order valence-corrected chi connectivity index (χ1v) is 4.82. The van der Waals surface area contributed by atoms with Crippen LogP contribution in [0.25, 0.3) is 11.0 Å². The Labute approximate surface area is 88.3 Å². The van der Waals surface area contributed by atoms with E-state index in [1.807, 2.05) is 0 Å². The summed E-state index contributed by atoms with van der Waals surface area (Å²) >= 11 is 3.27. The van der Waals surface area contributed by atoms with Gasteiger partial charge in [-0.15, -0.1) is 0 Å². The summed E-state index contributed by atoms with van der Waals surface area (Å²) in [6.45, 7) is 1.68. The third-order valence-electron chi connectivity index (χ3n) is 2.10. The molecule has 4 nitrogen and oxygen atoms in total. The van der Waals surface area contributed by atoms with E-state index in [4.69, 9.17) is 5.73 Å². The van der Waals surface area contributed by atoms with Gasteiger partial charge in [-0.25, -0.2) is 0 Å². The summed E-state index contributed by atoms with van der Waals surface area (Å²) in [5.74, 6) is 0. The molecular formula is C9H8BrN3O. The Balaban J connectivity index is 2.98. The van der Waals surface area contributed by atoms with Gasteiger partial charge in [-0.3, -0.25) is 9.78 Å². The predicted molar refractivity (Wildman–Crippen MR) is 59.2 cm³/mol. The van der Waals surface area contributed by atoms with Crippen molar-refractivity contribution in [3.05, 3.63) is 32.7 Å². The molecule has 3 N–H and O–H groups in total. The molecule has 0 unspecified atom stereocenters. The van der Waals surface area contributed by atoms with E-state index in [9.17, 15) is 4.79 Å². The van der Waals surface area contributed by atoms with E-state index in [1.54, 1.807) is 19.2 Å². The number of H-pyrrole nitrogens is 1. The lowest BCUT2D eigenvalue weighted by Gasteiger charge is -2.03. The van der Waals surface area contributed by atoms with Gasteiger partial charge in [0.25, 0.3) is 5.56 Å². The zero-order valence-electron chi connectivity index (χ0n) is 7.47. The Kier molecular flexibility index (Phi) is 2.03. The molecule has 5 heteroatoms. The van der Waals surface area contributed by atoms with Crippen molar-refractivity contribution in [3.8, 4) is 0 Å². The number of rotatable bonds is 0. The summed E-state index contributed by atoms with van der Waals surface area (Å²) in [6, 6.07) is 1.78. The van der Waals surface area contributed by atoms with Crippen LogP contribution in [-0.2, 0) is 0 Å². The van der Waals surface area contributed by atoms with E-state index < -0.39 is 0 Å². The zero-order chi connectivity index (χ0) is 10.3. The van der Waals surface area contributed by atoms with Gasteiger partial charge >= 0.3 is 0 Å². The van der Waals surface area contributed by atoms with E-state index in [0.29, 0.717) is 22.3 Å². The second kappa shape index (κ2) is 3.09. The highest BCUT2D eigenvalue weighted by molar-refractivity contribution is 9.10. The molecule has 0 aliphatic carbocycles. The second-order valence-electron chi connectivity index (χ2n) is 3.04. The van der Waals surface area contributed by atoms with Gasteiger partial charge in [0, 0.05) is 16.2 Å². The summed E-state index contributed by atoms with van der Waals surface area (Å²) in [6.07, 6.45) is 1.65. The number of hydrogen-bond donors (Lipinski definition) is 2. The van der Waals surface area contributed by atoms with Gasteiger partial charge in [0.05, 0.1) is 11.2 Å². The quantitative estimate of drug-likeness (QED) is 0.749. The fourth-order valence-corrected chi connectivity index (χ4v) is 1.60. The van der Waals surface area contributed by atoms with Gasteiger partial charge in [0.15, 0.2) is 0 Å². The van der Waals surface area contributed by atoms with E-state index in [0.717, 1.165) is 4.47 Å². The van der Waals surface area contributed by atoms with Crippen molar-refractivity contribution >= 4 is 32.7 Å². The molecular weight excluding hydrogens is 246 g/mol. The molecule has 0 amide bonds. The maximum absolute atomic E-state index is 11.4. The van der Waals surface area contributed by atoms with E-state index in [-0.39, 0.29) is 5.56 Å². The van der Waals surface area contributed by atoms with Crippen LogP contribution in [0.1, 0.15) is 5.56 Å². The summed E-state index contributed by atoms with van der Waals surface area (Å²) in [5, 5.41) is 0. The van der Waals surface area contributed by atoms with Crippen molar-refractivity contribution in [2.24, 2.45) is 0 Å². The average molecular weight is 254 g/mol. The molecule has 0 fully saturated rings. The molecule has 0 aliphatic heterocycles. The van der Waals surface area contributed by atoms with Gasteiger partial charge in [-0.1, -0.05) is 0 Å². The smallest absolute Gasteiger partial charge is 0.253 e. The summed E-state index contributed by atoms with van der Waals surface area (Å²) in [4.78, 5) is 18.2. The molecule has 0 atom stereocenters. The van der Waals surface area contributed by atoms with E-state index in [1.165, 1.54) is 0 Å². The van der Waals surface area contributed by atoms with Gasteiger partial charge in [0.2, 0.25) is 0 Å². The number of nitrogens with zero attached hydrogens (tertiary/aromatic N) is 1. The molecule has 72 valence electrons. The first-order chi connectivity index (χ1) is 6.59. The summed E-state index contributed by atoms with van der Waals surface area (Å²) in [5.41, 5.74) is 7.82. The number of aromatic nitrogens is 2. The minimum Gasteiger partial charge on any atom is -0.397 e. The maximum atomic E-state index is 11.4. The van der Waals surface area contributed by atoms with Crippen LogP contribution in [-0.4, -0.2) is 9.97 Å². The normalized spacial score (nSPS) is 10.7. The third kappa shape index (κ3) is 1.29. The molecule has 0 aromatic carbocycles. The van der Waals surface area contributed by atoms with Crippen molar-refractivity contribution in [1.82, 2.24) is 9.97 Å². The Bertz CT molecular complexity index is 562. The number of nitrogens with one attached hydrogen (secondary N) is 1. The maximum Gasteiger partial charge on any atom is 0.253 e. The first-order valence-electron chi connectivity index (χ1n) is 4.03. The van der Waals surface area contributed by atoms with Crippen LogP contribution in [0.4, 0.5) is 5.69 Å². The molecule has 2 rings (SSSR count). The largest absolute Gasteiger partial charge is 0.397 e. The molecule has 2 aromatic heterocycles. The van der Waals surface area contributed by atoms with Crippen molar-refractivity contribution in [3.63, 3.8) is 0 Å². The number of anilines is 1. The summed E-state index contributed by atoms with van der Waals surface area (Å²) in [7, 11) is 0. The van der Waals surface area contributed by atoms with Crippen LogP contribution in [0.2, 0.25) is 0 Å². The number of nitrogens with two attached hydrogens (primary N) is 1. The molecule has 0 aliphatic rings. The Morgan fingerprint density at radius 2 is 2.29 bits per heavy atom. The minimum absolute atomic E-state index is 0.171. The van der Waals surface area contributed by atoms with Crippen LogP contribution in [0, 0.1) is 6.92 Å². The average Bonchev–Trinajstić information content (AvgIpc) is 2.14. The second-order valence-corrected chi connectivity index (χ2v) is 3.96. The third-order valence-corrected chi connectivity index (χ3v) is 2.54. The molecule has 0 bridgehead atoms. The van der Waals surface area contributed by atoms with Gasteiger partial charge in [0.1, 0.15) is 5.52 Å². The molecule has 0 saturated heterocycles. The van der Waals surface area contributed by atoms with Gasteiger partial charge in [-0.2, -0.15) is 0 Å². The lowest BCUT2D eigenvalue weighted by molar-refractivity contribution is 1.21. The highest BCUT2D eigenvalue weighted by Crippen LogP contribution is 2.20. The molecule has 2 heterocycles. The van der Waals surface area contributed by atoms with Crippen molar-refractivity contribution in [2.45, 2.75) is 6.92 Å². The van der Waals surface area contributed by atoms with Crippen LogP contribution < -0.4 is 11.3 Å². The van der Waals surface area contributed by atoms with Crippen molar-refractivity contribution < 1.29 is 0 Å². The highest BCUT2D eigenvalue weighted by atomic mass is 79.9. The topological polar surface area (TPSA) is 71.8 Å². The predicted octanol–water partition coefficient (Wildman–Crippen LogP) is 1.58. The molecule has 2 aromatic rings. The SMILES string of the molecule is Cc1c(N)c2ncc(Br)cc2[nH]c1=O. The lowest BCUT2D eigenvalue weighted by Crippen LogP contribution is -2.12. The Hall–Kier alpha value is -1.36. The zero-order valence-corrected chi connectivity index (χ0v) is 9.05. The molecule has 0 spiro atoms. The van der Waals surface area contributed by atoms with Crippen LogP contribution in [0.15, 0.2) is 21.5 Å². The number of fused-ring (bicyclic) bond motifs is 1. The highest BCUT2D eigenvalue weighted by Gasteiger charge is 2.06. The minimum atomic E-state index is -0.171. The van der Waals surface area contributed by atoms with E-state index in [2.05, 4.69) is 25.9 Å². The van der Waals surface area contributed by atoms with Crippen LogP contribution in [0.3, 0.4) is 0 Å². The monoisotopic (exact) mass is 253 g/mol. The molecule has 14 heavy (non-hydrogen) atoms. The Morgan fingerprint density at radius 1 is 1.57 bits per heavy atom. The summed E-state index contributed by atoms with van der Waals surface area (Å²) < 4.78 is 0.809. The fraction of sp³-hybridized carbons (Fsp3) is 0.111. The number of nitrogen functional groups attached to an aromatic ring is 1. The first kappa shape index (κ1) is 9.21. The fourth-order valence-electron chi connectivity index (χ4n) is 1.27. The molecule has 0 saturated carbocycles. The van der Waals surface area contributed by atoms with Crippen molar-refractivity contribution in [1.29, 1.82) is 0 Å². The lowest BCUT2D eigenvalue weighted by atomic mass is 10.2. The number of hydrogen-bond acceptors (Lipinski definition) is 3. The van der Waals surface area contributed by atoms with Gasteiger partial charge in [-0.05, 0) is 28.9 Å². The van der Waals surface area contributed by atoms with Crippen LogP contribution >= 0.6 is 15.9 Å². The van der Waals surface area contributed by atoms with Gasteiger partial charge < -0.3 is 10.7 Å². The van der Waals surface area contributed by atoms with E-state index >= 15 is 0 Å². The van der Waals surface area contributed by atoms with Crippen molar-refractivity contribution in [2.75, 3.05) is 5.73 Å². The standard InChI is InChI=1S/C9H8BrN3O/c1-4-7(11)8-6(13-9(4)14)2-5(10)3-12-8/h2-3H,1H3,(H3,11,13,14).